The van der Waals surface area contributed by atoms with Gasteiger partial charge in [-0.2, -0.15) is 0 Å². The zero-order valence-corrected chi connectivity index (χ0v) is 13.0. The Hall–Kier alpha value is -1.36. The number of aryl methyl sites for hydroxylation is 1. The van der Waals surface area contributed by atoms with Crippen molar-refractivity contribution in [3.05, 3.63) is 11.4 Å². The summed E-state index contributed by atoms with van der Waals surface area (Å²) in [4.78, 5) is 9.16. The molecule has 1 aliphatic carbocycles. The molecule has 1 aliphatic rings. The van der Waals surface area contributed by atoms with Crippen molar-refractivity contribution in [2.24, 2.45) is 0 Å². The van der Waals surface area contributed by atoms with Crippen LogP contribution in [0.3, 0.4) is 0 Å². The monoisotopic (exact) mass is 278 g/mol. The predicted molar refractivity (Wildman–Crippen MR) is 82.4 cm³/mol. The standard InChI is InChI=1S/C15H26N4O/c1-5-12-18-13(16-6-2)11(3)14(19-12)17-10-15(20-4)8-7-9-15/h5-10H2,1-4H3,(H2,16,17,18,19). The number of hydrogen-bond donors (Lipinski definition) is 2. The third kappa shape index (κ3) is 3.03. The minimum absolute atomic E-state index is 0.00210. The molecule has 0 spiro atoms. The van der Waals surface area contributed by atoms with Gasteiger partial charge in [0.2, 0.25) is 0 Å². The molecule has 0 atom stereocenters. The van der Waals surface area contributed by atoms with Crippen LogP contribution in [0.15, 0.2) is 0 Å². The fourth-order valence-corrected chi connectivity index (χ4v) is 2.50. The van der Waals surface area contributed by atoms with Crippen LogP contribution in [0, 0.1) is 6.92 Å². The van der Waals surface area contributed by atoms with E-state index in [1.165, 1.54) is 6.42 Å². The molecule has 112 valence electrons. The van der Waals surface area contributed by atoms with Gasteiger partial charge in [-0.3, -0.25) is 0 Å². The highest BCUT2D eigenvalue weighted by Gasteiger charge is 2.36. The first-order valence-electron chi connectivity index (χ1n) is 7.54. The van der Waals surface area contributed by atoms with Gasteiger partial charge in [0.15, 0.2) is 0 Å². The molecule has 0 amide bonds. The Labute approximate surface area is 121 Å². The van der Waals surface area contributed by atoms with Crippen molar-refractivity contribution in [1.82, 2.24) is 9.97 Å². The van der Waals surface area contributed by atoms with Gasteiger partial charge < -0.3 is 15.4 Å². The summed E-state index contributed by atoms with van der Waals surface area (Å²) < 4.78 is 5.65. The lowest BCUT2D eigenvalue weighted by atomic mass is 9.80. The molecule has 2 N–H and O–H groups in total. The van der Waals surface area contributed by atoms with Crippen LogP contribution in [0.5, 0.6) is 0 Å². The topological polar surface area (TPSA) is 59.1 Å². The molecule has 5 heteroatoms. The average Bonchev–Trinajstić information content (AvgIpc) is 2.42. The lowest BCUT2D eigenvalue weighted by molar-refractivity contribution is -0.0601. The number of ether oxygens (including phenoxy) is 1. The van der Waals surface area contributed by atoms with E-state index in [9.17, 15) is 0 Å². The summed E-state index contributed by atoms with van der Waals surface area (Å²) in [5.74, 6) is 2.73. The highest BCUT2D eigenvalue weighted by molar-refractivity contribution is 5.57. The normalized spacial score (nSPS) is 16.6. The van der Waals surface area contributed by atoms with Crippen LogP contribution in [0.2, 0.25) is 0 Å². The Kier molecular flexibility index (Phi) is 4.81. The quantitative estimate of drug-likeness (QED) is 0.803. The van der Waals surface area contributed by atoms with Crippen molar-refractivity contribution in [2.45, 2.75) is 52.1 Å². The summed E-state index contributed by atoms with van der Waals surface area (Å²) in [5.41, 5.74) is 1.08. The van der Waals surface area contributed by atoms with Crippen molar-refractivity contribution < 1.29 is 4.74 Å². The largest absolute Gasteiger partial charge is 0.376 e. The lowest BCUT2D eigenvalue weighted by Gasteiger charge is -2.40. The van der Waals surface area contributed by atoms with E-state index in [0.29, 0.717) is 0 Å². The Bertz CT molecular complexity index is 452. The average molecular weight is 278 g/mol. The summed E-state index contributed by atoms with van der Waals surface area (Å²) in [6.45, 7) is 7.89. The highest BCUT2D eigenvalue weighted by Crippen LogP contribution is 2.35. The third-order valence-electron chi connectivity index (χ3n) is 4.13. The zero-order chi connectivity index (χ0) is 14.6. The van der Waals surface area contributed by atoms with E-state index in [2.05, 4.69) is 41.4 Å². The van der Waals surface area contributed by atoms with Crippen LogP contribution in [0.4, 0.5) is 11.6 Å². The maximum Gasteiger partial charge on any atom is 0.134 e. The van der Waals surface area contributed by atoms with Gasteiger partial charge in [-0.25, -0.2) is 9.97 Å². The molecule has 1 saturated carbocycles. The van der Waals surface area contributed by atoms with Crippen LogP contribution >= 0.6 is 0 Å². The second-order valence-electron chi connectivity index (χ2n) is 5.44. The summed E-state index contributed by atoms with van der Waals surface area (Å²) in [7, 11) is 1.80. The van der Waals surface area contributed by atoms with Gasteiger partial charge in [0.05, 0.1) is 5.60 Å². The van der Waals surface area contributed by atoms with Gasteiger partial charge in [0.25, 0.3) is 0 Å². The minimum Gasteiger partial charge on any atom is -0.376 e. The second kappa shape index (κ2) is 6.39. The lowest BCUT2D eigenvalue weighted by Crippen LogP contribution is -2.45. The fraction of sp³-hybridized carbons (Fsp3) is 0.733. The maximum absolute atomic E-state index is 5.65. The molecule has 0 radical (unpaired) electrons. The third-order valence-corrected chi connectivity index (χ3v) is 4.13. The Morgan fingerprint density at radius 1 is 1.15 bits per heavy atom. The van der Waals surface area contributed by atoms with Crippen molar-refractivity contribution >= 4 is 11.6 Å². The summed E-state index contributed by atoms with van der Waals surface area (Å²) in [5, 5.41) is 6.77. The van der Waals surface area contributed by atoms with Crippen molar-refractivity contribution in [1.29, 1.82) is 0 Å². The van der Waals surface area contributed by atoms with Crippen molar-refractivity contribution in [3.8, 4) is 0 Å². The van der Waals surface area contributed by atoms with E-state index < -0.39 is 0 Å². The van der Waals surface area contributed by atoms with E-state index in [0.717, 1.165) is 55.4 Å². The number of rotatable bonds is 7. The highest BCUT2D eigenvalue weighted by atomic mass is 16.5. The van der Waals surface area contributed by atoms with Crippen LogP contribution in [-0.4, -0.2) is 35.8 Å². The van der Waals surface area contributed by atoms with Gasteiger partial charge in [-0.05, 0) is 33.1 Å². The van der Waals surface area contributed by atoms with Crippen molar-refractivity contribution in [2.75, 3.05) is 30.8 Å². The molecule has 1 fully saturated rings. The molecule has 20 heavy (non-hydrogen) atoms. The number of nitrogens with one attached hydrogen (secondary N) is 2. The SMILES string of the molecule is CCNc1nc(CC)nc(NCC2(OC)CCC2)c1C. The first-order chi connectivity index (χ1) is 9.64. The predicted octanol–water partition coefficient (Wildman–Crippen LogP) is 2.76. The van der Waals surface area contributed by atoms with E-state index in [-0.39, 0.29) is 5.60 Å². The molecule has 0 saturated heterocycles. The van der Waals surface area contributed by atoms with Crippen LogP contribution in [-0.2, 0) is 11.2 Å². The van der Waals surface area contributed by atoms with E-state index >= 15 is 0 Å². The molecule has 5 nitrogen and oxygen atoms in total. The van der Waals surface area contributed by atoms with Crippen molar-refractivity contribution in [3.63, 3.8) is 0 Å². The Morgan fingerprint density at radius 2 is 1.80 bits per heavy atom. The zero-order valence-electron chi connectivity index (χ0n) is 13.0. The molecular formula is C15H26N4O. The molecule has 0 bridgehead atoms. The maximum atomic E-state index is 5.65. The number of methoxy groups -OCH3 is 1. The van der Waals surface area contributed by atoms with Gasteiger partial charge in [-0.15, -0.1) is 0 Å². The molecule has 1 aromatic heterocycles. The fourth-order valence-electron chi connectivity index (χ4n) is 2.50. The summed E-state index contributed by atoms with van der Waals surface area (Å²) in [6, 6.07) is 0. The molecule has 1 aromatic rings. The van der Waals surface area contributed by atoms with Crippen LogP contribution < -0.4 is 10.6 Å². The molecular weight excluding hydrogens is 252 g/mol. The molecule has 1 heterocycles. The second-order valence-corrected chi connectivity index (χ2v) is 5.44. The van der Waals surface area contributed by atoms with Crippen LogP contribution in [0.1, 0.15) is 44.5 Å². The number of nitrogens with zero attached hydrogens (tertiary/aromatic N) is 2. The Balaban J connectivity index is 2.15. The van der Waals surface area contributed by atoms with Gasteiger partial charge in [0, 0.05) is 32.2 Å². The first-order valence-corrected chi connectivity index (χ1v) is 7.54. The Morgan fingerprint density at radius 3 is 2.25 bits per heavy atom. The number of hydrogen-bond acceptors (Lipinski definition) is 5. The van der Waals surface area contributed by atoms with E-state index in [1.807, 2.05) is 0 Å². The first kappa shape index (κ1) is 15.0. The summed E-state index contributed by atoms with van der Waals surface area (Å²) >= 11 is 0. The summed E-state index contributed by atoms with van der Waals surface area (Å²) in [6.07, 6.45) is 4.34. The van der Waals surface area contributed by atoms with E-state index in [1.54, 1.807) is 7.11 Å². The minimum atomic E-state index is 0.00210. The smallest absolute Gasteiger partial charge is 0.134 e. The van der Waals surface area contributed by atoms with Gasteiger partial charge in [-0.1, -0.05) is 6.92 Å². The van der Waals surface area contributed by atoms with Crippen LogP contribution in [0.25, 0.3) is 0 Å². The van der Waals surface area contributed by atoms with E-state index in [4.69, 9.17) is 4.74 Å². The number of anilines is 2. The molecule has 0 unspecified atom stereocenters. The molecule has 0 aromatic carbocycles. The molecule has 0 aliphatic heterocycles. The van der Waals surface area contributed by atoms with Gasteiger partial charge in [0.1, 0.15) is 17.5 Å². The molecule has 2 rings (SSSR count). The number of aromatic nitrogens is 2. The van der Waals surface area contributed by atoms with Gasteiger partial charge >= 0.3 is 0 Å².